The highest BCUT2D eigenvalue weighted by atomic mass is 35.5. The van der Waals surface area contributed by atoms with Crippen LogP contribution < -0.4 is 4.90 Å². The van der Waals surface area contributed by atoms with E-state index in [-0.39, 0.29) is 5.91 Å². The van der Waals surface area contributed by atoms with E-state index >= 15 is 0 Å². The number of halogens is 1. The summed E-state index contributed by atoms with van der Waals surface area (Å²) in [6, 6.07) is 16.8. The molecule has 1 amide bonds. The predicted molar refractivity (Wildman–Crippen MR) is 97.5 cm³/mol. The van der Waals surface area contributed by atoms with E-state index in [0.717, 1.165) is 11.3 Å². The molecule has 6 heteroatoms. The molecule has 0 N–H and O–H groups in total. The number of amides is 1. The van der Waals surface area contributed by atoms with Crippen molar-refractivity contribution in [2.45, 2.75) is 19.3 Å². The first-order valence-corrected chi connectivity index (χ1v) is 8.41. The summed E-state index contributed by atoms with van der Waals surface area (Å²) in [5, 5.41) is 4.63. The number of hydrogen-bond donors (Lipinski definition) is 0. The number of nitrogens with zero attached hydrogens (tertiary/aromatic N) is 3. The zero-order chi connectivity index (χ0) is 17.6. The van der Waals surface area contributed by atoms with E-state index in [1.54, 1.807) is 24.1 Å². The highest BCUT2D eigenvalue weighted by Gasteiger charge is 2.12. The van der Waals surface area contributed by atoms with Gasteiger partial charge in [-0.1, -0.05) is 35.0 Å². The second-order valence-corrected chi connectivity index (χ2v) is 6.10. The van der Waals surface area contributed by atoms with E-state index in [4.69, 9.17) is 16.1 Å². The predicted octanol–water partition coefficient (Wildman–Crippen LogP) is 4.38. The Hall–Kier alpha value is -2.66. The average molecular weight is 356 g/mol. The fourth-order valence-electron chi connectivity index (χ4n) is 2.43. The second kappa shape index (κ2) is 7.94. The van der Waals surface area contributed by atoms with Crippen LogP contribution in [0.25, 0.3) is 11.4 Å². The summed E-state index contributed by atoms with van der Waals surface area (Å²) in [5.74, 6) is 1.11. The summed E-state index contributed by atoms with van der Waals surface area (Å²) in [4.78, 5) is 18.3. The molecule has 0 bridgehead atoms. The van der Waals surface area contributed by atoms with E-state index in [1.807, 2.05) is 42.5 Å². The van der Waals surface area contributed by atoms with Crippen molar-refractivity contribution >= 4 is 23.2 Å². The van der Waals surface area contributed by atoms with Crippen molar-refractivity contribution in [2.75, 3.05) is 11.9 Å². The molecule has 1 heterocycles. The lowest BCUT2D eigenvalue weighted by atomic mass is 10.2. The molecule has 25 heavy (non-hydrogen) atoms. The van der Waals surface area contributed by atoms with Gasteiger partial charge in [0.1, 0.15) is 0 Å². The van der Waals surface area contributed by atoms with E-state index in [2.05, 4.69) is 10.1 Å². The molecule has 1 aromatic heterocycles. The lowest BCUT2D eigenvalue weighted by Gasteiger charge is -2.16. The highest BCUT2D eigenvalue weighted by Crippen LogP contribution is 2.19. The molecule has 0 aliphatic rings. The first-order chi connectivity index (χ1) is 12.1. The minimum absolute atomic E-state index is 0.0589. The number of para-hydroxylation sites is 1. The zero-order valence-electron chi connectivity index (χ0n) is 13.9. The molecule has 5 nitrogen and oxygen atoms in total. The van der Waals surface area contributed by atoms with Gasteiger partial charge >= 0.3 is 0 Å². The Bertz CT molecular complexity index is 831. The highest BCUT2D eigenvalue weighted by molar-refractivity contribution is 6.30. The Kier molecular flexibility index (Phi) is 5.46. The molecule has 0 aliphatic heterocycles. The van der Waals surface area contributed by atoms with Crippen LogP contribution in [0.5, 0.6) is 0 Å². The lowest BCUT2D eigenvalue weighted by molar-refractivity contribution is -0.118. The SMILES string of the molecule is CN(C(=O)CCCc1nc(-c2ccc(Cl)cc2)no1)c1ccccc1. The van der Waals surface area contributed by atoms with Gasteiger partial charge in [0.25, 0.3) is 0 Å². The van der Waals surface area contributed by atoms with Crippen LogP contribution in [0.2, 0.25) is 5.02 Å². The summed E-state index contributed by atoms with van der Waals surface area (Å²) in [6.45, 7) is 0. The third kappa shape index (κ3) is 4.45. The molecule has 0 unspecified atom stereocenters. The third-order valence-corrected chi connectivity index (χ3v) is 4.12. The summed E-state index contributed by atoms with van der Waals surface area (Å²) in [7, 11) is 1.78. The second-order valence-electron chi connectivity index (χ2n) is 5.66. The fourth-order valence-corrected chi connectivity index (χ4v) is 2.55. The van der Waals surface area contributed by atoms with Gasteiger partial charge < -0.3 is 9.42 Å². The lowest BCUT2D eigenvalue weighted by Crippen LogP contribution is -2.25. The van der Waals surface area contributed by atoms with Crippen LogP contribution in [0.3, 0.4) is 0 Å². The molecule has 0 radical (unpaired) electrons. The smallest absolute Gasteiger partial charge is 0.226 e. The van der Waals surface area contributed by atoms with Crippen molar-refractivity contribution < 1.29 is 9.32 Å². The molecular weight excluding hydrogens is 338 g/mol. The van der Waals surface area contributed by atoms with Gasteiger partial charge in [-0.2, -0.15) is 4.98 Å². The van der Waals surface area contributed by atoms with Crippen molar-refractivity contribution in [3.8, 4) is 11.4 Å². The van der Waals surface area contributed by atoms with Gasteiger partial charge in [-0.25, -0.2) is 0 Å². The number of benzene rings is 2. The van der Waals surface area contributed by atoms with E-state index < -0.39 is 0 Å². The number of aromatic nitrogens is 2. The summed E-state index contributed by atoms with van der Waals surface area (Å²) in [5.41, 5.74) is 1.73. The quantitative estimate of drug-likeness (QED) is 0.658. The Balaban J connectivity index is 1.52. The molecular formula is C19H18ClN3O2. The summed E-state index contributed by atoms with van der Waals surface area (Å²) < 4.78 is 5.26. The Morgan fingerprint density at radius 1 is 1.12 bits per heavy atom. The monoisotopic (exact) mass is 355 g/mol. The fraction of sp³-hybridized carbons (Fsp3) is 0.211. The van der Waals surface area contributed by atoms with Crippen molar-refractivity contribution in [1.82, 2.24) is 10.1 Å². The summed E-state index contributed by atoms with van der Waals surface area (Å²) in [6.07, 6.45) is 1.64. The van der Waals surface area contributed by atoms with Crippen LogP contribution in [-0.4, -0.2) is 23.1 Å². The van der Waals surface area contributed by atoms with Crippen LogP contribution in [0.15, 0.2) is 59.1 Å². The molecule has 128 valence electrons. The molecule has 0 aliphatic carbocycles. The molecule has 3 rings (SSSR count). The van der Waals surface area contributed by atoms with Gasteiger partial charge in [-0.05, 0) is 42.8 Å². The zero-order valence-corrected chi connectivity index (χ0v) is 14.6. The molecule has 2 aromatic carbocycles. The minimum Gasteiger partial charge on any atom is -0.339 e. The van der Waals surface area contributed by atoms with Crippen molar-refractivity contribution in [1.29, 1.82) is 0 Å². The maximum Gasteiger partial charge on any atom is 0.226 e. The number of aryl methyl sites for hydroxylation is 1. The van der Waals surface area contributed by atoms with Crippen molar-refractivity contribution in [3.63, 3.8) is 0 Å². The van der Waals surface area contributed by atoms with Gasteiger partial charge in [0.05, 0.1) is 0 Å². The summed E-state index contributed by atoms with van der Waals surface area (Å²) >= 11 is 5.87. The van der Waals surface area contributed by atoms with Gasteiger partial charge in [0, 0.05) is 36.2 Å². The number of rotatable bonds is 6. The van der Waals surface area contributed by atoms with E-state index in [1.165, 1.54) is 0 Å². The standard InChI is InChI=1S/C19H18ClN3O2/c1-23(16-6-3-2-4-7-16)18(24)9-5-8-17-21-19(22-25-17)14-10-12-15(20)13-11-14/h2-4,6-7,10-13H,5,8-9H2,1H3. The van der Waals surface area contributed by atoms with E-state index in [0.29, 0.717) is 36.0 Å². The van der Waals surface area contributed by atoms with Gasteiger partial charge in [-0.15, -0.1) is 0 Å². The van der Waals surface area contributed by atoms with E-state index in [9.17, 15) is 4.79 Å². The maximum absolute atomic E-state index is 12.2. The topological polar surface area (TPSA) is 59.2 Å². The number of carbonyl (C=O) groups excluding carboxylic acids is 1. The van der Waals surface area contributed by atoms with Crippen LogP contribution in [0, 0.1) is 0 Å². The van der Waals surface area contributed by atoms with Gasteiger partial charge in [0.2, 0.25) is 17.6 Å². The Morgan fingerprint density at radius 3 is 2.56 bits per heavy atom. The average Bonchev–Trinajstić information content (AvgIpc) is 3.11. The first kappa shape index (κ1) is 17.2. The van der Waals surface area contributed by atoms with Crippen molar-refractivity contribution in [3.05, 3.63) is 65.5 Å². The van der Waals surface area contributed by atoms with Crippen LogP contribution in [0.4, 0.5) is 5.69 Å². The Morgan fingerprint density at radius 2 is 1.84 bits per heavy atom. The first-order valence-electron chi connectivity index (χ1n) is 8.03. The van der Waals surface area contributed by atoms with Crippen LogP contribution in [0.1, 0.15) is 18.7 Å². The Labute approximate surface area is 151 Å². The normalized spacial score (nSPS) is 10.6. The molecule has 0 saturated heterocycles. The molecule has 0 saturated carbocycles. The molecule has 0 spiro atoms. The molecule has 0 atom stereocenters. The number of anilines is 1. The minimum atomic E-state index is 0.0589. The van der Waals surface area contributed by atoms with Crippen LogP contribution in [-0.2, 0) is 11.2 Å². The maximum atomic E-state index is 12.2. The molecule has 3 aromatic rings. The largest absolute Gasteiger partial charge is 0.339 e. The van der Waals surface area contributed by atoms with Gasteiger partial charge in [-0.3, -0.25) is 4.79 Å². The van der Waals surface area contributed by atoms with Crippen molar-refractivity contribution in [2.24, 2.45) is 0 Å². The third-order valence-electron chi connectivity index (χ3n) is 3.87. The van der Waals surface area contributed by atoms with Crippen LogP contribution >= 0.6 is 11.6 Å². The molecule has 0 fully saturated rings. The number of carbonyl (C=O) groups is 1. The van der Waals surface area contributed by atoms with Gasteiger partial charge in [0.15, 0.2) is 0 Å². The number of hydrogen-bond acceptors (Lipinski definition) is 4.